The molecular formula is C23H22F3NO4. The number of halogens is 3. The molecule has 2 aromatic rings. The zero-order valence-corrected chi connectivity index (χ0v) is 17.2. The lowest BCUT2D eigenvalue weighted by molar-refractivity contribution is -0.137. The molecule has 1 aliphatic rings. The number of methoxy groups -OCH3 is 1. The van der Waals surface area contributed by atoms with E-state index in [0.717, 1.165) is 12.1 Å². The molecule has 164 valence electrons. The molecule has 31 heavy (non-hydrogen) atoms. The Hall–Kier alpha value is -3.29. The molecule has 0 saturated heterocycles. The van der Waals surface area contributed by atoms with Crippen molar-refractivity contribution >= 4 is 11.7 Å². The Kier molecular flexibility index (Phi) is 6.10. The monoisotopic (exact) mass is 433 g/mol. The van der Waals surface area contributed by atoms with Crippen molar-refractivity contribution in [1.82, 2.24) is 4.90 Å². The van der Waals surface area contributed by atoms with Crippen molar-refractivity contribution in [1.29, 1.82) is 0 Å². The third kappa shape index (κ3) is 4.42. The van der Waals surface area contributed by atoms with Crippen LogP contribution in [0.3, 0.4) is 0 Å². The number of carbonyl (C=O) groups excluding carboxylic acids is 2. The number of alkyl halides is 3. The molecule has 1 N–H and O–H groups in total. The van der Waals surface area contributed by atoms with Crippen molar-refractivity contribution in [2.75, 3.05) is 7.11 Å². The van der Waals surface area contributed by atoms with Gasteiger partial charge in [-0.1, -0.05) is 38.1 Å². The molecule has 5 nitrogen and oxygen atoms in total. The molecule has 0 aromatic heterocycles. The molecule has 0 bridgehead atoms. The van der Waals surface area contributed by atoms with E-state index in [4.69, 9.17) is 4.74 Å². The average Bonchev–Trinajstić information content (AvgIpc) is 2.97. The highest BCUT2D eigenvalue weighted by Gasteiger charge is 2.44. The molecule has 1 unspecified atom stereocenters. The van der Waals surface area contributed by atoms with Crippen LogP contribution in [0.5, 0.6) is 5.75 Å². The Morgan fingerprint density at radius 3 is 2.45 bits per heavy atom. The van der Waals surface area contributed by atoms with Gasteiger partial charge in [-0.25, -0.2) is 0 Å². The van der Waals surface area contributed by atoms with Crippen LogP contribution in [-0.2, 0) is 22.3 Å². The summed E-state index contributed by atoms with van der Waals surface area (Å²) in [6, 6.07) is 10.3. The Labute approximate surface area is 177 Å². The lowest BCUT2D eigenvalue weighted by Crippen LogP contribution is -2.31. The zero-order chi connectivity index (χ0) is 22.9. The van der Waals surface area contributed by atoms with Crippen LogP contribution in [0.25, 0.3) is 0 Å². The van der Waals surface area contributed by atoms with Crippen LogP contribution in [-0.4, -0.2) is 28.8 Å². The van der Waals surface area contributed by atoms with Gasteiger partial charge >= 0.3 is 6.18 Å². The van der Waals surface area contributed by atoms with Crippen LogP contribution in [0.15, 0.2) is 59.9 Å². The number of aliphatic hydroxyl groups excluding tert-OH is 1. The van der Waals surface area contributed by atoms with Crippen molar-refractivity contribution in [3.63, 3.8) is 0 Å². The minimum atomic E-state index is -4.53. The Morgan fingerprint density at radius 1 is 1.16 bits per heavy atom. The summed E-state index contributed by atoms with van der Waals surface area (Å²) in [7, 11) is 1.47. The van der Waals surface area contributed by atoms with Crippen molar-refractivity contribution in [3.8, 4) is 5.75 Å². The van der Waals surface area contributed by atoms with E-state index in [1.807, 2.05) is 0 Å². The highest BCUT2D eigenvalue weighted by atomic mass is 19.4. The van der Waals surface area contributed by atoms with E-state index in [1.54, 1.807) is 38.1 Å². The number of amides is 1. The summed E-state index contributed by atoms with van der Waals surface area (Å²) in [4.78, 5) is 26.9. The van der Waals surface area contributed by atoms with Gasteiger partial charge in [0.25, 0.3) is 5.91 Å². The first kappa shape index (κ1) is 22.4. The van der Waals surface area contributed by atoms with Crippen LogP contribution in [0.1, 0.15) is 36.6 Å². The third-order valence-electron chi connectivity index (χ3n) is 5.11. The van der Waals surface area contributed by atoms with Gasteiger partial charge in [0.2, 0.25) is 0 Å². The lowest BCUT2D eigenvalue weighted by Gasteiger charge is -2.28. The first-order valence-electron chi connectivity index (χ1n) is 9.63. The van der Waals surface area contributed by atoms with Gasteiger partial charge in [0.1, 0.15) is 5.75 Å². The highest BCUT2D eigenvalue weighted by Crippen LogP contribution is 2.41. The van der Waals surface area contributed by atoms with Gasteiger partial charge in [0.15, 0.2) is 11.5 Å². The van der Waals surface area contributed by atoms with E-state index in [1.165, 1.54) is 24.1 Å². The molecule has 0 fully saturated rings. The topological polar surface area (TPSA) is 66.8 Å². The van der Waals surface area contributed by atoms with Crippen molar-refractivity contribution in [3.05, 3.63) is 76.6 Å². The van der Waals surface area contributed by atoms with Gasteiger partial charge in [0.05, 0.1) is 24.3 Å². The lowest BCUT2D eigenvalue weighted by atomic mass is 9.91. The summed E-state index contributed by atoms with van der Waals surface area (Å²) in [6.45, 7) is 3.07. The number of benzene rings is 2. The minimum Gasteiger partial charge on any atom is -0.503 e. The fourth-order valence-corrected chi connectivity index (χ4v) is 3.58. The normalized spacial score (nSPS) is 16.9. The molecule has 1 aliphatic heterocycles. The standard InChI is InChI=1S/C23H22F3NO4/c1-13(2)20(28)18-19(15-7-5-9-17(11-15)31-3)27(22(30)21(18)29)12-14-6-4-8-16(10-14)23(24,25)26/h4-11,13,19,29H,12H2,1-3H3. The number of nitrogens with zero attached hydrogens (tertiary/aromatic N) is 1. The minimum absolute atomic E-state index is 0.0692. The van der Waals surface area contributed by atoms with Crippen LogP contribution < -0.4 is 4.74 Å². The van der Waals surface area contributed by atoms with Crippen LogP contribution in [0.4, 0.5) is 13.2 Å². The predicted molar refractivity (Wildman–Crippen MR) is 107 cm³/mol. The van der Waals surface area contributed by atoms with Crippen LogP contribution >= 0.6 is 0 Å². The van der Waals surface area contributed by atoms with Gasteiger partial charge in [0, 0.05) is 12.5 Å². The first-order chi connectivity index (χ1) is 14.5. The fourth-order valence-electron chi connectivity index (χ4n) is 3.58. The molecular weight excluding hydrogens is 411 g/mol. The van der Waals surface area contributed by atoms with E-state index in [2.05, 4.69) is 0 Å². The maximum absolute atomic E-state index is 13.1. The largest absolute Gasteiger partial charge is 0.503 e. The average molecular weight is 433 g/mol. The van der Waals surface area contributed by atoms with Crippen molar-refractivity contribution < 1.29 is 32.6 Å². The molecule has 1 heterocycles. The third-order valence-corrected chi connectivity index (χ3v) is 5.11. The molecule has 1 amide bonds. The van der Waals surface area contributed by atoms with Crippen molar-refractivity contribution in [2.45, 2.75) is 32.6 Å². The number of carbonyl (C=O) groups is 2. The number of hydrogen-bond acceptors (Lipinski definition) is 4. The maximum Gasteiger partial charge on any atom is 0.416 e. The summed E-state index contributed by atoms with van der Waals surface area (Å²) in [6.07, 6.45) is -4.53. The highest BCUT2D eigenvalue weighted by molar-refractivity contribution is 6.09. The van der Waals surface area contributed by atoms with E-state index in [9.17, 15) is 27.9 Å². The zero-order valence-electron chi connectivity index (χ0n) is 17.2. The smallest absolute Gasteiger partial charge is 0.416 e. The van der Waals surface area contributed by atoms with E-state index in [-0.39, 0.29) is 17.7 Å². The molecule has 0 aliphatic carbocycles. The quantitative estimate of drug-likeness (QED) is 0.708. The molecule has 2 aromatic carbocycles. The summed E-state index contributed by atoms with van der Waals surface area (Å²) in [5.74, 6) is -1.92. The first-order valence-corrected chi connectivity index (χ1v) is 9.63. The summed E-state index contributed by atoms with van der Waals surface area (Å²) < 4.78 is 44.6. The van der Waals surface area contributed by atoms with Crippen LogP contribution in [0, 0.1) is 5.92 Å². The molecule has 0 saturated carbocycles. The Bertz CT molecular complexity index is 1040. The molecule has 1 atom stereocenters. The number of Topliss-reactive ketones (excluding diaryl/α,β-unsaturated/α-hetero) is 1. The fraction of sp³-hybridized carbons (Fsp3) is 0.304. The molecule has 8 heteroatoms. The second-order valence-corrected chi connectivity index (χ2v) is 7.59. The van der Waals surface area contributed by atoms with Gasteiger partial charge in [-0.2, -0.15) is 13.2 Å². The SMILES string of the molecule is COc1cccc(C2C(C(=O)C(C)C)=C(O)C(=O)N2Cc2cccc(C(F)(F)F)c2)c1. The molecule has 0 spiro atoms. The number of hydrogen-bond donors (Lipinski definition) is 1. The van der Waals surface area contributed by atoms with E-state index < -0.39 is 41.1 Å². The summed E-state index contributed by atoms with van der Waals surface area (Å²) in [5, 5.41) is 10.5. The second-order valence-electron chi connectivity index (χ2n) is 7.59. The van der Waals surface area contributed by atoms with Gasteiger partial charge < -0.3 is 14.7 Å². The second kappa shape index (κ2) is 8.45. The molecule has 0 radical (unpaired) electrons. The predicted octanol–water partition coefficient (Wildman–Crippen LogP) is 4.83. The van der Waals surface area contributed by atoms with E-state index in [0.29, 0.717) is 11.3 Å². The summed E-state index contributed by atoms with van der Waals surface area (Å²) >= 11 is 0. The number of ether oxygens (including phenoxy) is 1. The van der Waals surface area contributed by atoms with E-state index >= 15 is 0 Å². The Morgan fingerprint density at radius 2 is 1.84 bits per heavy atom. The number of rotatable bonds is 6. The number of aliphatic hydroxyl groups is 1. The van der Waals surface area contributed by atoms with Crippen LogP contribution in [0.2, 0.25) is 0 Å². The Balaban J connectivity index is 2.08. The van der Waals surface area contributed by atoms with Gasteiger partial charge in [-0.3, -0.25) is 9.59 Å². The summed E-state index contributed by atoms with van der Waals surface area (Å²) in [5.41, 5.74) is -0.180. The maximum atomic E-state index is 13.1. The number of ketones is 1. The van der Waals surface area contributed by atoms with Gasteiger partial charge in [-0.05, 0) is 35.4 Å². The van der Waals surface area contributed by atoms with Gasteiger partial charge in [-0.15, -0.1) is 0 Å². The molecule has 3 rings (SSSR count). The van der Waals surface area contributed by atoms with Crippen molar-refractivity contribution in [2.24, 2.45) is 5.92 Å².